The quantitative estimate of drug-likeness (QED) is 0.729. The molecule has 3 N–H and O–H groups in total. The molecule has 2 unspecified atom stereocenters. The largest absolute Gasteiger partial charge is 0.301 e. The Labute approximate surface area is 104 Å². The lowest BCUT2D eigenvalue weighted by molar-refractivity contribution is 0.470. The second-order valence-electron chi connectivity index (χ2n) is 4.68. The minimum absolute atomic E-state index is 0.389. The first-order chi connectivity index (χ1) is 8.33. The standard InChI is InChI=1S/C14H23N3/c1-3-5-11-6-8-12(9-7-11)13-10-14(15-4-2)17-16-13/h6-9,13-17H,3-5,10H2,1-2H3. The van der Waals surface area contributed by atoms with Crippen LogP contribution in [0, 0.1) is 0 Å². The van der Waals surface area contributed by atoms with Crippen molar-refractivity contribution in [1.29, 1.82) is 0 Å². The molecule has 0 amide bonds. The van der Waals surface area contributed by atoms with E-state index in [0.717, 1.165) is 13.0 Å². The number of hydrogen-bond donors (Lipinski definition) is 3. The fourth-order valence-corrected chi connectivity index (χ4v) is 2.36. The van der Waals surface area contributed by atoms with Crippen LogP contribution in [0.3, 0.4) is 0 Å². The SMILES string of the molecule is CCCc1ccc(C2CC(NCC)NN2)cc1. The van der Waals surface area contributed by atoms with E-state index >= 15 is 0 Å². The summed E-state index contributed by atoms with van der Waals surface area (Å²) in [5, 5.41) is 3.40. The number of aryl methyl sites for hydroxylation is 1. The summed E-state index contributed by atoms with van der Waals surface area (Å²) in [6.45, 7) is 5.35. The highest BCUT2D eigenvalue weighted by atomic mass is 15.5. The van der Waals surface area contributed by atoms with Crippen molar-refractivity contribution in [3.63, 3.8) is 0 Å². The molecule has 0 radical (unpaired) electrons. The summed E-state index contributed by atoms with van der Waals surface area (Å²) in [6.07, 6.45) is 3.88. The Morgan fingerprint density at radius 1 is 1.18 bits per heavy atom. The molecule has 1 saturated heterocycles. The lowest BCUT2D eigenvalue weighted by atomic mass is 10.0. The van der Waals surface area contributed by atoms with Gasteiger partial charge in [-0.25, -0.2) is 10.9 Å². The molecule has 1 aliphatic rings. The Kier molecular flexibility index (Phi) is 4.54. The monoisotopic (exact) mass is 233 g/mol. The number of rotatable bonds is 5. The molecule has 1 fully saturated rings. The molecule has 17 heavy (non-hydrogen) atoms. The van der Waals surface area contributed by atoms with Crippen molar-refractivity contribution in [2.24, 2.45) is 0 Å². The molecule has 1 aromatic rings. The molecule has 2 atom stereocenters. The number of nitrogens with one attached hydrogen (secondary N) is 3. The molecule has 0 spiro atoms. The second-order valence-corrected chi connectivity index (χ2v) is 4.68. The van der Waals surface area contributed by atoms with E-state index < -0.39 is 0 Å². The van der Waals surface area contributed by atoms with Crippen molar-refractivity contribution in [3.05, 3.63) is 35.4 Å². The molecule has 3 heteroatoms. The van der Waals surface area contributed by atoms with Crippen LogP contribution in [0.15, 0.2) is 24.3 Å². The van der Waals surface area contributed by atoms with Gasteiger partial charge in [0.25, 0.3) is 0 Å². The fourth-order valence-electron chi connectivity index (χ4n) is 2.36. The van der Waals surface area contributed by atoms with Gasteiger partial charge in [0.15, 0.2) is 0 Å². The van der Waals surface area contributed by atoms with E-state index in [2.05, 4.69) is 54.3 Å². The highest BCUT2D eigenvalue weighted by Gasteiger charge is 2.23. The maximum Gasteiger partial charge on any atom is 0.0722 e. The molecular weight excluding hydrogens is 210 g/mol. The minimum atomic E-state index is 0.389. The van der Waals surface area contributed by atoms with Gasteiger partial charge in [0, 0.05) is 6.04 Å². The zero-order valence-corrected chi connectivity index (χ0v) is 10.8. The predicted octanol–water partition coefficient (Wildman–Crippen LogP) is 2.11. The lowest BCUT2D eigenvalue weighted by Crippen LogP contribution is -2.40. The van der Waals surface area contributed by atoms with Gasteiger partial charge in [-0.1, -0.05) is 44.5 Å². The zero-order valence-electron chi connectivity index (χ0n) is 10.8. The molecule has 2 rings (SSSR count). The topological polar surface area (TPSA) is 36.1 Å². The van der Waals surface area contributed by atoms with Crippen LogP contribution in [0.2, 0.25) is 0 Å². The van der Waals surface area contributed by atoms with Gasteiger partial charge in [0.05, 0.1) is 6.17 Å². The third-order valence-corrected chi connectivity index (χ3v) is 3.27. The molecule has 1 aromatic carbocycles. The second kappa shape index (κ2) is 6.15. The summed E-state index contributed by atoms with van der Waals surface area (Å²) in [6, 6.07) is 9.43. The van der Waals surface area contributed by atoms with E-state index in [1.807, 2.05) is 0 Å². The van der Waals surface area contributed by atoms with Gasteiger partial charge in [-0.2, -0.15) is 0 Å². The van der Waals surface area contributed by atoms with E-state index in [1.54, 1.807) is 0 Å². The third kappa shape index (κ3) is 3.28. The number of benzene rings is 1. The van der Waals surface area contributed by atoms with Crippen LogP contribution in [0.4, 0.5) is 0 Å². The summed E-state index contributed by atoms with van der Waals surface area (Å²) in [7, 11) is 0. The van der Waals surface area contributed by atoms with Gasteiger partial charge in [0.2, 0.25) is 0 Å². The third-order valence-electron chi connectivity index (χ3n) is 3.27. The van der Waals surface area contributed by atoms with E-state index in [1.165, 1.54) is 24.0 Å². The molecule has 0 aliphatic carbocycles. The summed E-state index contributed by atoms with van der Waals surface area (Å²) in [4.78, 5) is 0. The molecule has 94 valence electrons. The van der Waals surface area contributed by atoms with Crippen LogP contribution in [0.5, 0.6) is 0 Å². The Bertz CT molecular complexity index is 334. The van der Waals surface area contributed by atoms with Crippen LogP contribution < -0.4 is 16.2 Å². The maximum absolute atomic E-state index is 3.40. The normalized spacial score (nSPS) is 24.1. The first kappa shape index (κ1) is 12.6. The summed E-state index contributed by atoms with van der Waals surface area (Å²) in [5.41, 5.74) is 9.44. The van der Waals surface area contributed by atoms with E-state index in [4.69, 9.17) is 0 Å². The van der Waals surface area contributed by atoms with Gasteiger partial charge in [0.1, 0.15) is 0 Å². The number of hydrazine groups is 1. The molecule has 0 aromatic heterocycles. The van der Waals surface area contributed by atoms with Crippen molar-refractivity contribution in [3.8, 4) is 0 Å². The van der Waals surface area contributed by atoms with Crippen LogP contribution in [0.25, 0.3) is 0 Å². The average molecular weight is 233 g/mol. The predicted molar refractivity (Wildman–Crippen MR) is 71.5 cm³/mol. The summed E-state index contributed by atoms with van der Waals surface area (Å²) >= 11 is 0. The average Bonchev–Trinajstić information content (AvgIpc) is 2.80. The van der Waals surface area contributed by atoms with Crippen LogP contribution >= 0.6 is 0 Å². The summed E-state index contributed by atoms with van der Waals surface area (Å²) < 4.78 is 0. The molecule has 1 heterocycles. The highest BCUT2D eigenvalue weighted by Crippen LogP contribution is 2.21. The molecule has 3 nitrogen and oxygen atoms in total. The molecule has 1 aliphatic heterocycles. The Morgan fingerprint density at radius 2 is 1.94 bits per heavy atom. The van der Waals surface area contributed by atoms with Gasteiger partial charge in [-0.05, 0) is 30.5 Å². The first-order valence-electron chi connectivity index (χ1n) is 6.66. The minimum Gasteiger partial charge on any atom is -0.301 e. The van der Waals surface area contributed by atoms with Gasteiger partial charge in [-0.15, -0.1) is 0 Å². The zero-order chi connectivity index (χ0) is 12.1. The lowest BCUT2D eigenvalue weighted by Gasteiger charge is -2.10. The van der Waals surface area contributed by atoms with Gasteiger partial charge < -0.3 is 5.32 Å². The van der Waals surface area contributed by atoms with Gasteiger partial charge >= 0.3 is 0 Å². The molecule has 0 saturated carbocycles. The van der Waals surface area contributed by atoms with Crippen molar-refractivity contribution in [2.75, 3.05) is 6.54 Å². The van der Waals surface area contributed by atoms with Crippen molar-refractivity contribution in [1.82, 2.24) is 16.2 Å². The number of hydrogen-bond acceptors (Lipinski definition) is 3. The van der Waals surface area contributed by atoms with E-state index in [0.29, 0.717) is 12.2 Å². The highest BCUT2D eigenvalue weighted by molar-refractivity contribution is 5.25. The van der Waals surface area contributed by atoms with Crippen LogP contribution in [0.1, 0.15) is 43.9 Å². The van der Waals surface area contributed by atoms with Crippen molar-refractivity contribution in [2.45, 2.75) is 45.3 Å². The molecule has 0 bridgehead atoms. The van der Waals surface area contributed by atoms with Crippen molar-refractivity contribution < 1.29 is 0 Å². The maximum atomic E-state index is 3.40. The van der Waals surface area contributed by atoms with Crippen LogP contribution in [-0.2, 0) is 6.42 Å². The summed E-state index contributed by atoms with van der Waals surface area (Å²) in [5.74, 6) is 0. The van der Waals surface area contributed by atoms with Crippen LogP contribution in [-0.4, -0.2) is 12.7 Å². The Morgan fingerprint density at radius 3 is 2.59 bits per heavy atom. The van der Waals surface area contributed by atoms with Crippen molar-refractivity contribution >= 4 is 0 Å². The first-order valence-corrected chi connectivity index (χ1v) is 6.66. The smallest absolute Gasteiger partial charge is 0.0722 e. The van der Waals surface area contributed by atoms with E-state index in [-0.39, 0.29) is 0 Å². The van der Waals surface area contributed by atoms with Gasteiger partial charge in [-0.3, -0.25) is 0 Å². The Hall–Kier alpha value is -0.900. The van der Waals surface area contributed by atoms with E-state index in [9.17, 15) is 0 Å². The fraction of sp³-hybridized carbons (Fsp3) is 0.571. The molecular formula is C14H23N3. The Balaban J connectivity index is 1.94.